The van der Waals surface area contributed by atoms with E-state index in [1.54, 1.807) is 12.1 Å². The number of carbonyl (C=O) groups excluding carboxylic acids is 1. The first kappa shape index (κ1) is 21.9. The summed E-state index contributed by atoms with van der Waals surface area (Å²) >= 11 is 5.85. The minimum absolute atomic E-state index is 0.0703. The standard InChI is InChI=1S/C18H18ClF4N3O2/c1-26(2)15(11-3-5-13(20)6-4-11)9-24-16(27)12-7-14(19)17(25-8-12)28-10-18(21,22)23/h3-8,15H,9-10H2,1-2H3,(H,24,27). The van der Waals surface area contributed by atoms with Crippen molar-refractivity contribution in [1.82, 2.24) is 15.2 Å². The monoisotopic (exact) mass is 419 g/mol. The number of likely N-dealkylation sites (N-methyl/N-ethyl adjacent to an activating group) is 1. The van der Waals surface area contributed by atoms with Crippen LogP contribution in [0.3, 0.4) is 0 Å². The number of benzene rings is 1. The van der Waals surface area contributed by atoms with Crippen LogP contribution in [0, 0.1) is 5.82 Å². The molecule has 2 aromatic rings. The molecule has 5 nitrogen and oxygen atoms in total. The number of hydrogen-bond acceptors (Lipinski definition) is 4. The zero-order chi connectivity index (χ0) is 20.9. The number of alkyl halides is 3. The molecule has 1 heterocycles. The normalized spacial score (nSPS) is 12.7. The van der Waals surface area contributed by atoms with Crippen LogP contribution in [0.5, 0.6) is 5.88 Å². The molecule has 1 aromatic carbocycles. The number of pyridine rings is 1. The lowest BCUT2D eigenvalue weighted by Crippen LogP contribution is -2.34. The quantitative estimate of drug-likeness (QED) is 0.693. The zero-order valence-electron chi connectivity index (χ0n) is 15.1. The summed E-state index contributed by atoms with van der Waals surface area (Å²) in [5, 5.41) is 2.49. The molecule has 1 N–H and O–H groups in total. The molecule has 0 saturated heterocycles. The van der Waals surface area contributed by atoms with Gasteiger partial charge in [0.15, 0.2) is 6.61 Å². The van der Waals surface area contributed by atoms with Crippen LogP contribution in [0.25, 0.3) is 0 Å². The average molecular weight is 420 g/mol. The predicted molar refractivity (Wildman–Crippen MR) is 96.0 cm³/mol. The predicted octanol–water partition coefficient (Wildman–Crippen LogP) is 3.85. The molecule has 0 aliphatic rings. The SMILES string of the molecule is CN(C)C(CNC(=O)c1cnc(OCC(F)(F)F)c(Cl)c1)c1ccc(F)cc1. The van der Waals surface area contributed by atoms with Gasteiger partial charge in [-0.05, 0) is 37.9 Å². The first-order valence-electron chi connectivity index (χ1n) is 8.12. The van der Waals surface area contributed by atoms with E-state index in [4.69, 9.17) is 11.6 Å². The van der Waals surface area contributed by atoms with Gasteiger partial charge in [-0.15, -0.1) is 0 Å². The lowest BCUT2D eigenvalue weighted by atomic mass is 10.1. The smallest absolute Gasteiger partial charge is 0.422 e. The van der Waals surface area contributed by atoms with Crippen molar-refractivity contribution in [3.05, 3.63) is 58.5 Å². The van der Waals surface area contributed by atoms with Crippen LogP contribution in [0.1, 0.15) is 22.0 Å². The number of rotatable bonds is 7. The Morgan fingerprint density at radius 3 is 2.46 bits per heavy atom. The lowest BCUT2D eigenvalue weighted by molar-refractivity contribution is -0.154. The summed E-state index contributed by atoms with van der Waals surface area (Å²) in [6.07, 6.45) is -3.45. The van der Waals surface area contributed by atoms with Crippen LogP contribution in [0.4, 0.5) is 17.6 Å². The van der Waals surface area contributed by atoms with Crippen LogP contribution >= 0.6 is 11.6 Å². The number of nitrogens with zero attached hydrogens (tertiary/aromatic N) is 2. The number of aromatic nitrogens is 1. The maximum absolute atomic E-state index is 13.1. The second kappa shape index (κ2) is 9.20. The van der Waals surface area contributed by atoms with E-state index in [-0.39, 0.29) is 29.0 Å². The second-order valence-corrected chi connectivity index (χ2v) is 6.56. The molecule has 0 fully saturated rings. The van der Waals surface area contributed by atoms with Crippen LogP contribution < -0.4 is 10.1 Å². The van der Waals surface area contributed by atoms with Crippen molar-refractivity contribution in [2.24, 2.45) is 0 Å². The molecule has 0 aliphatic carbocycles. The molecule has 1 atom stereocenters. The average Bonchev–Trinajstić information content (AvgIpc) is 2.61. The fourth-order valence-electron chi connectivity index (χ4n) is 2.38. The summed E-state index contributed by atoms with van der Waals surface area (Å²) in [5.74, 6) is -1.28. The highest BCUT2D eigenvalue weighted by molar-refractivity contribution is 6.32. The van der Waals surface area contributed by atoms with E-state index >= 15 is 0 Å². The molecule has 10 heteroatoms. The van der Waals surface area contributed by atoms with Gasteiger partial charge in [-0.25, -0.2) is 9.37 Å². The fraction of sp³-hybridized carbons (Fsp3) is 0.333. The zero-order valence-corrected chi connectivity index (χ0v) is 15.8. The van der Waals surface area contributed by atoms with Gasteiger partial charge in [0.2, 0.25) is 5.88 Å². The van der Waals surface area contributed by atoms with E-state index in [2.05, 4.69) is 15.0 Å². The van der Waals surface area contributed by atoms with Gasteiger partial charge in [-0.1, -0.05) is 23.7 Å². The van der Waals surface area contributed by atoms with Gasteiger partial charge >= 0.3 is 6.18 Å². The summed E-state index contributed by atoms with van der Waals surface area (Å²) in [7, 11) is 3.62. The van der Waals surface area contributed by atoms with Crippen LogP contribution in [-0.4, -0.2) is 49.2 Å². The van der Waals surface area contributed by atoms with Crippen molar-refractivity contribution >= 4 is 17.5 Å². The fourth-order valence-corrected chi connectivity index (χ4v) is 2.60. The van der Waals surface area contributed by atoms with Crippen LogP contribution in [0.15, 0.2) is 36.5 Å². The Balaban J connectivity index is 2.03. The molecule has 1 amide bonds. The first-order chi connectivity index (χ1) is 13.1. The van der Waals surface area contributed by atoms with Crippen molar-refractivity contribution in [2.75, 3.05) is 27.2 Å². The maximum Gasteiger partial charge on any atom is 0.422 e. The maximum atomic E-state index is 13.1. The number of halogens is 5. The minimum Gasteiger partial charge on any atom is -0.467 e. The van der Waals surface area contributed by atoms with E-state index in [1.165, 1.54) is 18.2 Å². The summed E-state index contributed by atoms with van der Waals surface area (Å²) < 4.78 is 54.2. The minimum atomic E-state index is -4.53. The molecule has 2 rings (SSSR count). The highest BCUT2D eigenvalue weighted by Gasteiger charge is 2.29. The third kappa shape index (κ3) is 6.35. The molecular formula is C18H18ClF4N3O2. The van der Waals surface area contributed by atoms with Gasteiger partial charge in [0, 0.05) is 12.7 Å². The van der Waals surface area contributed by atoms with Gasteiger partial charge in [-0.3, -0.25) is 4.79 Å². The topological polar surface area (TPSA) is 54.5 Å². The Hall–Kier alpha value is -2.39. The highest BCUT2D eigenvalue weighted by Crippen LogP contribution is 2.25. The summed E-state index contributed by atoms with van der Waals surface area (Å²) in [4.78, 5) is 17.8. The van der Waals surface area contributed by atoms with E-state index in [0.29, 0.717) is 0 Å². The molecular weight excluding hydrogens is 402 g/mol. The molecule has 1 unspecified atom stereocenters. The van der Waals surface area contributed by atoms with Gasteiger partial charge < -0.3 is 15.0 Å². The Morgan fingerprint density at radius 2 is 1.93 bits per heavy atom. The Kier molecular flexibility index (Phi) is 7.20. The second-order valence-electron chi connectivity index (χ2n) is 6.16. The van der Waals surface area contributed by atoms with E-state index in [9.17, 15) is 22.4 Å². The van der Waals surface area contributed by atoms with Gasteiger partial charge in [0.1, 0.15) is 10.8 Å². The molecule has 0 aliphatic heterocycles. The Morgan fingerprint density at radius 1 is 1.29 bits per heavy atom. The van der Waals surface area contributed by atoms with E-state index in [0.717, 1.165) is 11.8 Å². The lowest BCUT2D eigenvalue weighted by Gasteiger charge is -2.25. The van der Waals surface area contributed by atoms with Crippen LogP contribution in [-0.2, 0) is 0 Å². The number of hydrogen-bond donors (Lipinski definition) is 1. The number of carbonyl (C=O) groups is 1. The Bertz CT molecular complexity index is 813. The van der Waals surface area contributed by atoms with Crippen molar-refractivity contribution < 1.29 is 27.1 Å². The van der Waals surface area contributed by atoms with Crippen molar-refractivity contribution in [3.8, 4) is 5.88 Å². The number of nitrogens with one attached hydrogen (secondary N) is 1. The van der Waals surface area contributed by atoms with Gasteiger partial charge in [0.05, 0.1) is 11.6 Å². The molecule has 0 saturated carbocycles. The van der Waals surface area contributed by atoms with Gasteiger partial charge in [0.25, 0.3) is 5.91 Å². The summed E-state index contributed by atoms with van der Waals surface area (Å²) in [6, 6.07) is 6.86. The highest BCUT2D eigenvalue weighted by atomic mass is 35.5. The summed E-state index contributed by atoms with van der Waals surface area (Å²) in [5.41, 5.74) is 0.875. The van der Waals surface area contributed by atoms with E-state index in [1.807, 2.05) is 19.0 Å². The molecule has 0 spiro atoms. The molecule has 152 valence electrons. The van der Waals surface area contributed by atoms with E-state index < -0.39 is 24.6 Å². The molecule has 28 heavy (non-hydrogen) atoms. The Labute approximate surface area is 164 Å². The molecule has 0 bridgehead atoms. The molecule has 0 radical (unpaired) electrons. The number of ether oxygens (including phenoxy) is 1. The van der Waals surface area contributed by atoms with Crippen molar-refractivity contribution in [3.63, 3.8) is 0 Å². The van der Waals surface area contributed by atoms with Crippen molar-refractivity contribution in [1.29, 1.82) is 0 Å². The van der Waals surface area contributed by atoms with Crippen molar-refractivity contribution in [2.45, 2.75) is 12.2 Å². The first-order valence-corrected chi connectivity index (χ1v) is 8.50. The number of amides is 1. The largest absolute Gasteiger partial charge is 0.467 e. The third-order valence-electron chi connectivity index (χ3n) is 3.78. The summed E-state index contributed by atoms with van der Waals surface area (Å²) in [6.45, 7) is -1.32. The molecule has 1 aromatic heterocycles. The van der Waals surface area contributed by atoms with Crippen LogP contribution in [0.2, 0.25) is 5.02 Å². The third-order valence-corrected chi connectivity index (χ3v) is 4.05. The van der Waals surface area contributed by atoms with Gasteiger partial charge in [-0.2, -0.15) is 13.2 Å².